The van der Waals surface area contributed by atoms with Gasteiger partial charge in [-0.3, -0.25) is 0 Å². The molecule has 0 fully saturated rings. The number of allylic oxidation sites excluding steroid dienone is 24. The van der Waals surface area contributed by atoms with Crippen LogP contribution in [0.25, 0.3) is 0 Å². The van der Waals surface area contributed by atoms with E-state index in [1.54, 1.807) is 5.57 Å². The van der Waals surface area contributed by atoms with Gasteiger partial charge in [0, 0.05) is 0 Å². The Kier molecular flexibility index (Phi) is 16.6. The third kappa shape index (κ3) is 16.1. The van der Waals surface area contributed by atoms with Crippen molar-refractivity contribution in [1.82, 2.24) is 0 Å². The Labute approximate surface area is 248 Å². The first-order chi connectivity index (χ1) is 18.9. The van der Waals surface area contributed by atoms with E-state index in [1.165, 1.54) is 58.3 Å². The Morgan fingerprint density at radius 1 is 0.650 bits per heavy atom. The fourth-order valence-electron chi connectivity index (χ4n) is 4.60. The highest BCUT2D eigenvalue weighted by Gasteiger charge is 2.26. The third-order valence-electron chi connectivity index (χ3n) is 7.15. The highest BCUT2D eigenvalue weighted by molar-refractivity contribution is 5.37. The first-order valence-corrected chi connectivity index (χ1v) is 15.0. The summed E-state index contributed by atoms with van der Waals surface area (Å²) >= 11 is 0. The maximum absolute atomic E-state index is 2.37. The second-order valence-corrected chi connectivity index (χ2v) is 12.2. The quantitative estimate of drug-likeness (QED) is 0.162. The molecule has 216 valence electrons. The zero-order valence-electron chi connectivity index (χ0n) is 27.3. The van der Waals surface area contributed by atoms with Crippen LogP contribution in [0, 0.1) is 5.41 Å². The van der Waals surface area contributed by atoms with Crippen LogP contribution < -0.4 is 0 Å². The van der Waals surface area contributed by atoms with Crippen LogP contribution in [0.5, 0.6) is 0 Å². The predicted molar refractivity (Wildman–Crippen MR) is 183 cm³/mol. The molecule has 0 bridgehead atoms. The molecule has 40 heavy (non-hydrogen) atoms. The van der Waals surface area contributed by atoms with E-state index >= 15 is 0 Å². The lowest BCUT2D eigenvalue weighted by molar-refractivity contribution is 0.377. The SMILES string of the molecule is CC(C)=CCCC(C)=CC=CC(C)=CC=CC(C)=CC=C/C=C(C)/C=C/C=C(C)/C=C/C1=C(C)CCCC1(C)C. The topological polar surface area (TPSA) is 0 Å². The zero-order valence-corrected chi connectivity index (χ0v) is 27.3. The minimum Gasteiger partial charge on any atom is -0.0856 e. The van der Waals surface area contributed by atoms with Gasteiger partial charge in [0.1, 0.15) is 0 Å². The Balaban J connectivity index is 2.58. The van der Waals surface area contributed by atoms with E-state index in [0.29, 0.717) is 0 Å². The Morgan fingerprint density at radius 3 is 1.62 bits per heavy atom. The average molecular weight is 537 g/mol. The van der Waals surface area contributed by atoms with E-state index in [4.69, 9.17) is 0 Å². The van der Waals surface area contributed by atoms with Crippen molar-refractivity contribution < 1.29 is 0 Å². The van der Waals surface area contributed by atoms with Gasteiger partial charge >= 0.3 is 0 Å². The van der Waals surface area contributed by atoms with Crippen molar-refractivity contribution >= 4 is 0 Å². The molecule has 0 radical (unpaired) electrons. The maximum Gasteiger partial charge on any atom is -0.0104 e. The second-order valence-electron chi connectivity index (χ2n) is 12.2. The normalized spacial score (nSPS) is 18.5. The minimum atomic E-state index is 0.290. The molecule has 0 aromatic rings. The molecule has 0 saturated heterocycles. The fourth-order valence-corrected chi connectivity index (χ4v) is 4.60. The van der Waals surface area contributed by atoms with Gasteiger partial charge in [0.25, 0.3) is 0 Å². The van der Waals surface area contributed by atoms with E-state index < -0.39 is 0 Å². The summed E-state index contributed by atoms with van der Waals surface area (Å²) in [6.45, 7) is 22.1. The molecule has 0 atom stereocenters. The van der Waals surface area contributed by atoms with Crippen LogP contribution >= 0.6 is 0 Å². The third-order valence-corrected chi connectivity index (χ3v) is 7.15. The lowest BCUT2D eigenvalue weighted by Gasteiger charge is -2.32. The summed E-state index contributed by atoms with van der Waals surface area (Å²) in [6.07, 6.45) is 40.9. The highest BCUT2D eigenvalue weighted by Crippen LogP contribution is 2.40. The van der Waals surface area contributed by atoms with Gasteiger partial charge in [0.2, 0.25) is 0 Å². The molecule has 0 aliphatic heterocycles. The van der Waals surface area contributed by atoms with Gasteiger partial charge in [0.15, 0.2) is 0 Å². The van der Waals surface area contributed by atoms with Crippen molar-refractivity contribution in [3.8, 4) is 0 Å². The molecule has 0 aromatic heterocycles. The van der Waals surface area contributed by atoms with Crippen molar-refractivity contribution in [2.45, 2.75) is 101 Å². The monoisotopic (exact) mass is 536 g/mol. The molecule has 0 amide bonds. The summed E-state index contributed by atoms with van der Waals surface area (Å²) in [7, 11) is 0. The Hall–Kier alpha value is -3.12. The molecule has 0 aromatic carbocycles. The first kappa shape index (κ1) is 34.9. The number of hydrogen-bond acceptors (Lipinski definition) is 0. The molecule has 1 aliphatic rings. The van der Waals surface area contributed by atoms with Crippen LogP contribution in [0.3, 0.4) is 0 Å². The predicted octanol–water partition coefficient (Wildman–Crippen LogP) is 12.8. The van der Waals surface area contributed by atoms with Gasteiger partial charge in [-0.25, -0.2) is 0 Å². The van der Waals surface area contributed by atoms with Gasteiger partial charge in [0.05, 0.1) is 0 Å². The molecule has 0 N–H and O–H groups in total. The summed E-state index contributed by atoms with van der Waals surface area (Å²) in [4.78, 5) is 0. The smallest absolute Gasteiger partial charge is 0.0104 e. The van der Waals surface area contributed by atoms with Gasteiger partial charge in [-0.05, 0) is 98.5 Å². The largest absolute Gasteiger partial charge is 0.0856 e. The summed E-state index contributed by atoms with van der Waals surface area (Å²) < 4.78 is 0. The van der Waals surface area contributed by atoms with E-state index in [9.17, 15) is 0 Å². The molecular weight excluding hydrogens is 480 g/mol. The van der Waals surface area contributed by atoms with Crippen molar-refractivity contribution in [3.63, 3.8) is 0 Å². The van der Waals surface area contributed by atoms with Crippen LogP contribution in [0.2, 0.25) is 0 Å². The van der Waals surface area contributed by atoms with E-state index in [0.717, 1.165) is 12.8 Å². The summed E-state index contributed by atoms with van der Waals surface area (Å²) in [5.41, 5.74) is 11.1. The van der Waals surface area contributed by atoms with Crippen LogP contribution in [-0.4, -0.2) is 0 Å². The van der Waals surface area contributed by atoms with E-state index in [2.05, 4.69) is 166 Å². The lowest BCUT2D eigenvalue weighted by atomic mass is 9.72. The van der Waals surface area contributed by atoms with Crippen LogP contribution in [0.4, 0.5) is 0 Å². The first-order valence-electron chi connectivity index (χ1n) is 15.0. The van der Waals surface area contributed by atoms with Gasteiger partial charge in [-0.15, -0.1) is 0 Å². The average Bonchev–Trinajstić information content (AvgIpc) is 2.85. The molecule has 0 spiro atoms. The van der Waals surface area contributed by atoms with E-state index in [-0.39, 0.29) is 5.41 Å². The number of hydrogen-bond donors (Lipinski definition) is 0. The molecule has 0 nitrogen and oxygen atoms in total. The fraction of sp³-hybridized carbons (Fsp3) is 0.400. The summed E-state index contributed by atoms with van der Waals surface area (Å²) in [5.74, 6) is 0. The van der Waals surface area contributed by atoms with Crippen molar-refractivity contribution in [2.24, 2.45) is 5.41 Å². The van der Waals surface area contributed by atoms with Crippen molar-refractivity contribution in [2.75, 3.05) is 0 Å². The standard InChI is InChI=1S/C40H56/c1-32(2)18-13-21-35(5)24-15-26-36(6)25-14-22-33(3)19-11-12-20-34(4)23-16-27-37(7)29-30-39-38(8)28-17-31-40(39,9)10/h11-12,14-16,18-20,22-27,29-30H,13,17,21,28,31H2,1-10H3/b12-11?,22-14?,23-16+,26-15?,30-29+,33-19?,34-20+,35-24?,36-25?,37-27+. The van der Waals surface area contributed by atoms with Crippen molar-refractivity contribution in [3.05, 3.63) is 142 Å². The molecule has 1 rings (SSSR count). The molecule has 0 heteroatoms. The highest BCUT2D eigenvalue weighted by atomic mass is 14.3. The molecule has 0 heterocycles. The summed E-state index contributed by atoms with van der Waals surface area (Å²) in [5, 5.41) is 0. The zero-order chi connectivity index (χ0) is 30.0. The minimum absolute atomic E-state index is 0.290. The summed E-state index contributed by atoms with van der Waals surface area (Å²) in [6, 6.07) is 0. The molecule has 1 aliphatic carbocycles. The maximum atomic E-state index is 2.37. The molecule has 0 unspecified atom stereocenters. The molecule has 0 saturated carbocycles. The van der Waals surface area contributed by atoms with Crippen molar-refractivity contribution in [1.29, 1.82) is 0 Å². The lowest BCUT2D eigenvalue weighted by Crippen LogP contribution is -2.19. The van der Waals surface area contributed by atoms with E-state index in [1.807, 2.05) is 0 Å². The second kappa shape index (κ2) is 19.0. The van der Waals surface area contributed by atoms with Gasteiger partial charge in [-0.2, -0.15) is 0 Å². The van der Waals surface area contributed by atoms with Crippen LogP contribution in [0.1, 0.15) is 101 Å². The Bertz CT molecular complexity index is 1180. The molecular formula is C40H56. The van der Waals surface area contributed by atoms with Gasteiger partial charge < -0.3 is 0 Å². The van der Waals surface area contributed by atoms with Gasteiger partial charge in [-0.1, -0.05) is 150 Å². The Morgan fingerprint density at radius 2 is 1.12 bits per heavy atom. The van der Waals surface area contributed by atoms with Crippen LogP contribution in [0.15, 0.2) is 142 Å². The van der Waals surface area contributed by atoms with Crippen LogP contribution in [-0.2, 0) is 0 Å². The number of rotatable bonds is 13.